The summed E-state index contributed by atoms with van der Waals surface area (Å²) in [7, 11) is 0. The van der Waals surface area contributed by atoms with E-state index in [0.717, 1.165) is 12.3 Å². The molecule has 1 heterocycles. The third-order valence-corrected chi connectivity index (χ3v) is 1.65. The second-order valence-corrected chi connectivity index (χ2v) is 2.86. The molecule has 2 N–H and O–H groups in total. The molecule has 72 valence electrons. The zero-order valence-electron chi connectivity index (χ0n) is 6.35. The van der Waals surface area contributed by atoms with E-state index in [-0.39, 0.29) is 10.7 Å². The molecule has 0 spiro atoms. The van der Waals surface area contributed by atoms with Gasteiger partial charge in [-0.25, -0.2) is 0 Å². The molecule has 1 rings (SSSR count). The molecule has 0 bridgehead atoms. The Hall–Kier alpha value is -0.810. The van der Waals surface area contributed by atoms with Crippen LogP contribution in [0.25, 0.3) is 0 Å². The zero-order valence-corrected chi connectivity index (χ0v) is 7.10. The molecular weight excluding hydrogens is 205 g/mol. The first-order chi connectivity index (χ1) is 5.91. The van der Waals surface area contributed by atoms with Gasteiger partial charge in [0.15, 0.2) is 0 Å². The van der Waals surface area contributed by atoms with E-state index < -0.39 is 12.2 Å². The van der Waals surface area contributed by atoms with E-state index in [1.54, 1.807) is 0 Å². The predicted octanol–water partition coefficient (Wildman–Crippen LogP) is 2.30. The summed E-state index contributed by atoms with van der Waals surface area (Å²) in [5.74, 6) is 0. The van der Waals surface area contributed by atoms with Gasteiger partial charge in [0.2, 0.25) is 0 Å². The van der Waals surface area contributed by atoms with E-state index in [1.807, 2.05) is 0 Å². The minimum absolute atomic E-state index is 0.239. The topological polar surface area (TPSA) is 38.9 Å². The monoisotopic (exact) mass is 210 g/mol. The van der Waals surface area contributed by atoms with Gasteiger partial charge in [-0.1, -0.05) is 11.6 Å². The largest absolute Gasteiger partial charge is 0.409 e. The summed E-state index contributed by atoms with van der Waals surface area (Å²) in [5.41, 5.74) is 4.65. The smallest absolute Gasteiger partial charge is 0.315 e. The van der Waals surface area contributed by atoms with Crippen molar-refractivity contribution >= 4 is 11.6 Å². The summed E-state index contributed by atoms with van der Waals surface area (Å²) in [4.78, 5) is 3.47. The van der Waals surface area contributed by atoms with Crippen LogP contribution >= 0.6 is 11.6 Å². The lowest BCUT2D eigenvalue weighted by molar-refractivity contribution is -0.150. The number of nitrogens with zero attached hydrogens (tertiary/aromatic N) is 1. The number of pyridine rings is 1. The van der Waals surface area contributed by atoms with Crippen LogP contribution in [-0.4, -0.2) is 11.2 Å². The highest BCUT2D eigenvalue weighted by Crippen LogP contribution is 2.29. The molecule has 13 heavy (non-hydrogen) atoms. The van der Waals surface area contributed by atoms with Gasteiger partial charge in [-0.05, 0) is 12.1 Å². The standard InChI is InChI=1S/C7H6ClF3N2/c8-4-1-2-5(13-3-4)6(12)7(9,10)11/h1-3,6H,12H2/t6-/m0/s1. The van der Waals surface area contributed by atoms with Crippen LogP contribution in [0.5, 0.6) is 0 Å². The normalized spacial score (nSPS) is 14.2. The molecule has 1 aromatic rings. The quantitative estimate of drug-likeness (QED) is 0.773. The Bertz CT molecular complexity index is 283. The van der Waals surface area contributed by atoms with E-state index in [9.17, 15) is 13.2 Å². The SMILES string of the molecule is N[C@@H](c1ccc(Cl)cn1)C(F)(F)F. The van der Waals surface area contributed by atoms with E-state index >= 15 is 0 Å². The number of rotatable bonds is 1. The Morgan fingerprint density at radius 2 is 2.00 bits per heavy atom. The lowest BCUT2D eigenvalue weighted by atomic mass is 10.2. The highest BCUT2D eigenvalue weighted by atomic mass is 35.5. The third kappa shape index (κ3) is 2.57. The summed E-state index contributed by atoms with van der Waals surface area (Å²) in [6.45, 7) is 0. The van der Waals surface area contributed by atoms with E-state index in [4.69, 9.17) is 17.3 Å². The molecule has 0 aliphatic carbocycles. The number of halogens is 4. The summed E-state index contributed by atoms with van der Waals surface area (Å²) < 4.78 is 36.1. The van der Waals surface area contributed by atoms with Crippen LogP contribution in [-0.2, 0) is 0 Å². The predicted molar refractivity (Wildman–Crippen MR) is 42.2 cm³/mol. The molecule has 0 saturated heterocycles. The van der Waals surface area contributed by atoms with Crippen molar-refractivity contribution in [3.8, 4) is 0 Å². The molecule has 0 fully saturated rings. The number of alkyl halides is 3. The van der Waals surface area contributed by atoms with Crippen LogP contribution in [0.3, 0.4) is 0 Å². The lowest BCUT2D eigenvalue weighted by Gasteiger charge is -2.14. The van der Waals surface area contributed by atoms with Crippen molar-refractivity contribution < 1.29 is 13.2 Å². The maximum absolute atomic E-state index is 12.0. The Morgan fingerprint density at radius 3 is 2.38 bits per heavy atom. The number of aromatic nitrogens is 1. The van der Waals surface area contributed by atoms with Crippen LogP contribution in [0, 0.1) is 0 Å². The van der Waals surface area contributed by atoms with Gasteiger partial charge in [0.05, 0.1) is 10.7 Å². The highest BCUT2D eigenvalue weighted by Gasteiger charge is 2.38. The van der Waals surface area contributed by atoms with Crippen LogP contribution in [0.4, 0.5) is 13.2 Å². The maximum atomic E-state index is 12.0. The fraction of sp³-hybridized carbons (Fsp3) is 0.286. The average molecular weight is 211 g/mol. The van der Waals surface area contributed by atoms with Crippen molar-refractivity contribution in [2.24, 2.45) is 5.73 Å². The van der Waals surface area contributed by atoms with Gasteiger partial charge in [0, 0.05) is 6.20 Å². The molecular formula is C7H6ClF3N2. The van der Waals surface area contributed by atoms with Crippen molar-refractivity contribution in [3.63, 3.8) is 0 Å². The van der Waals surface area contributed by atoms with Gasteiger partial charge >= 0.3 is 6.18 Å². The first-order valence-electron chi connectivity index (χ1n) is 3.35. The van der Waals surface area contributed by atoms with Crippen molar-refractivity contribution in [2.75, 3.05) is 0 Å². The van der Waals surface area contributed by atoms with Gasteiger partial charge < -0.3 is 5.73 Å². The van der Waals surface area contributed by atoms with Gasteiger partial charge in [-0.3, -0.25) is 4.98 Å². The van der Waals surface area contributed by atoms with E-state index in [0.29, 0.717) is 0 Å². The molecule has 1 aromatic heterocycles. The fourth-order valence-corrected chi connectivity index (χ4v) is 0.851. The maximum Gasteiger partial charge on any atom is 0.409 e. The molecule has 0 unspecified atom stereocenters. The first-order valence-corrected chi connectivity index (χ1v) is 3.73. The summed E-state index contributed by atoms with van der Waals surface area (Å²) in [6, 6.07) is 0.417. The Kier molecular flexibility index (Phi) is 2.77. The van der Waals surface area contributed by atoms with Crippen molar-refractivity contribution in [1.82, 2.24) is 4.98 Å². The van der Waals surface area contributed by atoms with Crippen molar-refractivity contribution in [2.45, 2.75) is 12.2 Å². The lowest BCUT2D eigenvalue weighted by Crippen LogP contribution is -2.29. The second-order valence-electron chi connectivity index (χ2n) is 2.42. The molecule has 0 aromatic carbocycles. The average Bonchev–Trinajstić information content (AvgIpc) is 2.03. The molecule has 6 heteroatoms. The molecule has 0 saturated carbocycles. The van der Waals surface area contributed by atoms with Gasteiger partial charge in [0.1, 0.15) is 6.04 Å². The summed E-state index contributed by atoms with van der Waals surface area (Å²) in [6.07, 6.45) is -3.34. The Labute approximate surface area is 77.5 Å². The third-order valence-electron chi connectivity index (χ3n) is 1.42. The second kappa shape index (κ2) is 3.51. The number of hydrogen-bond donors (Lipinski definition) is 1. The minimum Gasteiger partial charge on any atom is -0.315 e. The van der Waals surface area contributed by atoms with Gasteiger partial charge in [-0.2, -0.15) is 13.2 Å². The Morgan fingerprint density at radius 1 is 1.38 bits per heavy atom. The molecule has 0 aliphatic heterocycles. The van der Waals surface area contributed by atoms with Crippen LogP contribution < -0.4 is 5.73 Å². The molecule has 0 radical (unpaired) electrons. The molecule has 1 atom stereocenters. The number of nitrogens with two attached hydrogens (primary N) is 1. The molecule has 0 aliphatic rings. The van der Waals surface area contributed by atoms with Crippen molar-refractivity contribution in [3.05, 3.63) is 29.0 Å². The summed E-state index contributed by atoms with van der Waals surface area (Å²) in [5, 5.41) is 0.276. The molecule has 0 amide bonds. The van der Waals surface area contributed by atoms with E-state index in [2.05, 4.69) is 4.98 Å². The first kappa shape index (κ1) is 10.3. The van der Waals surface area contributed by atoms with E-state index in [1.165, 1.54) is 6.07 Å². The fourth-order valence-electron chi connectivity index (χ4n) is 0.739. The van der Waals surface area contributed by atoms with Gasteiger partial charge in [0.25, 0.3) is 0 Å². The summed E-state index contributed by atoms with van der Waals surface area (Å²) >= 11 is 5.45. The van der Waals surface area contributed by atoms with Crippen LogP contribution in [0.15, 0.2) is 18.3 Å². The minimum atomic E-state index is -4.47. The van der Waals surface area contributed by atoms with Gasteiger partial charge in [-0.15, -0.1) is 0 Å². The number of hydrogen-bond acceptors (Lipinski definition) is 2. The van der Waals surface area contributed by atoms with Crippen LogP contribution in [0.1, 0.15) is 11.7 Å². The van der Waals surface area contributed by atoms with Crippen molar-refractivity contribution in [1.29, 1.82) is 0 Å². The molecule has 2 nitrogen and oxygen atoms in total. The zero-order chi connectivity index (χ0) is 10.1. The van der Waals surface area contributed by atoms with Crippen LogP contribution in [0.2, 0.25) is 5.02 Å². The Balaban J connectivity index is 2.90. The highest BCUT2D eigenvalue weighted by molar-refractivity contribution is 6.30.